The number of ether oxygens (including phenoxy) is 1. The molecule has 5 rings (SSSR count). The van der Waals surface area contributed by atoms with Crippen LogP contribution < -0.4 is 5.73 Å². The van der Waals surface area contributed by atoms with Gasteiger partial charge in [-0.05, 0) is 37.0 Å². The number of aliphatic hydroxyl groups is 1. The maximum Gasteiger partial charge on any atom is 0.117 e. The van der Waals surface area contributed by atoms with Gasteiger partial charge in [0.25, 0.3) is 0 Å². The number of hydrogen-bond acceptors (Lipinski definition) is 7. The van der Waals surface area contributed by atoms with E-state index in [1.807, 2.05) is 25.3 Å². The highest BCUT2D eigenvalue weighted by molar-refractivity contribution is 8.01. The summed E-state index contributed by atoms with van der Waals surface area (Å²) in [5, 5.41) is 11.3. The molecule has 7 heteroatoms. The molecule has 0 spiro atoms. The van der Waals surface area contributed by atoms with Crippen molar-refractivity contribution in [2.24, 2.45) is 10.7 Å². The number of hydrogen-bond donors (Lipinski definition) is 2. The maximum absolute atomic E-state index is 10.2. The van der Waals surface area contributed by atoms with Crippen molar-refractivity contribution in [3.8, 4) is 21.7 Å². The van der Waals surface area contributed by atoms with Crippen molar-refractivity contribution in [1.82, 2.24) is 4.98 Å². The Bertz CT molecular complexity index is 1220. The maximum atomic E-state index is 10.2. The van der Waals surface area contributed by atoms with Gasteiger partial charge in [-0.1, -0.05) is 61.2 Å². The number of aliphatic imine (C=N–C) groups is 1. The third kappa shape index (κ3) is 4.61. The molecule has 0 bridgehead atoms. The molecule has 2 aliphatic rings. The molecule has 0 saturated heterocycles. The van der Waals surface area contributed by atoms with Gasteiger partial charge in [0.15, 0.2) is 0 Å². The number of thioether (sulfide) groups is 1. The van der Waals surface area contributed by atoms with E-state index in [4.69, 9.17) is 15.5 Å². The molecule has 1 aliphatic heterocycles. The van der Waals surface area contributed by atoms with E-state index in [2.05, 4.69) is 60.1 Å². The predicted molar refractivity (Wildman–Crippen MR) is 142 cm³/mol. The molecule has 1 aliphatic carbocycles. The number of nitrogens with two attached hydrogens (primary N) is 1. The normalized spacial score (nSPS) is 28.2. The molecule has 34 heavy (non-hydrogen) atoms. The third-order valence-corrected chi connectivity index (χ3v) is 8.65. The molecule has 2 atom stereocenters. The van der Waals surface area contributed by atoms with Crippen LogP contribution in [0.25, 0.3) is 21.7 Å². The molecular weight excluding hydrogens is 462 g/mol. The van der Waals surface area contributed by atoms with Gasteiger partial charge in [0.05, 0.1) is 33.9 Å². The van der Waals surface area contributed by atoms with Crippen LogP contribution in [0.5, 0.6) is 0 Å². The molecule has 1 fully saturated rings. The van der Waals surface area contributed by atoms with Crippen molar-refractivity contribution in [3.05, 3.63) is 90.3 Å². The SMILES string of the molecule is C=COC=CC1N=CC(c2nc(-c3ccc(C4(N)CC(C)(O)C4)cc3)c(-c3ccccc3)s2)S1. The number of rotatable bonds is 7. The van der Waals surface area contributed by atoms with Gasteiger partial charge in [-0.15, -0.1) is 23.1 Å². The number of aromatic nitrogens is 1. The summed E-state index contributed by atoms with van der Waals surface area (Å²) in [4.78, 5) is 10.8. The van der Waals surface area contributed by atoms with Crippen LogP contribution >= 0.6 is 23.1 Å². The monoisotopic (exact) mass is 489 g/mol. The third-order valence-electron chi connectivity index (χ3n) is 6.12. The van der Waals surface area contributed by atoms with E-state index in [1.54, 1.807) is 29.4 Å². The van der Waals surface area contributed by atoms with Crippen molar-refractivity contribution in [2.75, 3.05) is 0 Å². The first-order valence-corrected chi connectivity index (χ1v) is 12.9. The van der Waals surface area contributed by atoms with Gasteiger partial charge in [-0.3, -0.25) is 4.99 Å². The van der Waals surface area contributed by atoms with E-state index < -0.39 is 11.1 Å². The minimum atomic E-state index is -0.678. The lowest BCUT2D eigenvalue weighted by atomic mass is 9.63. The number of nitrogens with zero attached hydrogens (tertiary/aromatic N) is 2. The summed E-state index contributed by atoms with van der Waals surface area (Å²) >= 11 is 3.43. The zero-order chi connectivity index (χ0) is 23.8. The van der Waals surface area contributed by atoms with E-state index in [0.717, 1.165) is 32.3 Å². The molecule has 2 aromatic carbocycles. The van der Waals surface area contributed by atoms with Crippen molar-refractivity contribution >= 4 is 29.3 Å². The molecule has 0 radical (unpaired) electrons. The fraction of sp³-hybridized carbons (Fsp3) is 0.259. The standard InChI is InChI=1S/C27H27N3O2S2/c1-3-32-14-13-22-29-15-21(33-22)25-30-23(24(34-25)19-7-5-4-6-8-19)18-9-11-20(12-10-18)27(28)16-26(2,31)17-27/h3-15,21-22,31H,1,16-17,28H2,2H3. The van der Waals surface area contributed by atoms with E-state index >= 15 is 0 Å². The minimum Gasteiger partial charge on any atom is -0.473 e. The number of benzene rings is 2. The summed E-state index contributed by atoms with van der Waals surface area (Å²) in [5.41, 5.74) is 9.61. The summed E-state index contributed by atoms with van der Waals surface area (Å²) in [6.45, 7) is 5.39. The summed E-state index contributed by atoms with van der Waals surface area (Å²) in [7, 11) is 0. The van der Waals surface area contributed by atoms with Crippen LogP contribution in [0.3, 0.4) is 0 Å². The molecule has 1 saturated carbocycles. The number of thiazole rings is 1. The average Bonchev–Trinajstić information content (AvgIpc) is 3.46. The van der Waals surface area contributed by atoms with Gasteiger partial charge in [-0.2, -0.15) is 0 Å². The lowest BCUT2D eigenvalue weighted by molar-refractivity contribution is -0.0738. The van der Waals surface area contributed by atoms with Crippen LogP contribution in [-0.4, -0.2) is 27.3 Å². The second kappa shape index (κ2) is 9.15. The first-order valence-electron chi connectivity index (χ1n) is 11.2. The van der Waals surface area contributed by atoms with Crippen molar-refractivity contribution < 1.29 is 9.84 Å². The largest absolute Gasteiger partial charge is 0.473 e. The Morgan fingerprint density at radius 1 is 1.12 bits per heavy atom. The first kappa shape index (κ1) is 23.1. The topological polar surface area (TPSA) is 80.7 Å². The van der Waals surface area contributed by atoms with Gasteiger partial charge in [0.1, 0.15) is 10.4 Å². The minimum absolute atomic E-state index is 0.00260. The second-order valence-corrected chi connectivity index (χ2v) is 11.4. The molecular formula is C27H27N3O2S2. The van der Waals surface area contributed by atoms with Gasteiger partial charge >= 0.3 is 0 Å². The zero-order valence-corrected chi connectivity index (χ0v) is 20.6. The Labute approximate surface area is 208 Å². The molecule has 174 valence electrons. The summed E-state index contributed by atoms with van der Waals surface area (Å²) in [5.74, 6) is 0. The predicted octanol–water partition coefficient (Wildman–Crippen LogP) is 6.03. The molecule has 3 aromatic rings. The Hall–Kier alpha value is -2.71. The summed E-state index contributed by atoms with van der Waals surface area (Å²) in [6, 6.07) is 18.7. The van der Waals surface area contributed by atoms with Crippen molar-refractivity contribution in [3.63, 3.8) is 0 Å². The Balaban J connectivity index is 1.44. The van der Waals surface area contributed by atoms with Crippen LogP contribution in [0, 0.1) is 0 Å². The Morgan fingerprint density at radius 2 is 1.85 bits per heavy atom. The highest BCUT2D eigenvalue weighted by Crippen LogP contribution is 2.47. The van der Waals surface area contributed by atoms with Crippen molar-refractivity contribution in [1.29, 1.82) is 0 Å². The van der Waals surface area contributed by atoms with Crippen LogP contribution in [0.1, 0.15) is 35.6 Å². The molecule has 2 heterocycles. The van der Waals surface area contributed by atoms with Crippen LogP contribution in [0.4, 0.5) is 0 Å². The van der Waals surface area contributed by atoms with E-state index in [-0.39, 0.29) is 10.6 Å². The molecule has 2 unspecified atom stereocenters. The van der Waals surface area contributed by atoms with Crippen LogP contribution in [0.15, 0.2) is 84.8 Å². The van der Waals surface area contributed by atoms with E-state index in [1.165, 1.54) is 6.26 Å². The molecule has 5 nitrogen and oxygen atoms in total. The smallest absolute Gasteiger partial charge is 0.117 e. The Morgan fingerprint density at radius 3 is 2.53 bits per heavy atom. The summed E-state index contributed by atoms with van der Waals surface area (Å²) in [6.07, 6.45) is 8.02. The highest BCUT2D eigenvalue weighted by atomic mass is 32.2. The molecule has 0 amide bonds. The average molecular weight is 490 g/mol. The highest BCUT2D eigenvalue weighted by Gasteiger charge is 2.49. The zero-order valence-electron chi connectivity index (χ0n) is 18.9. The van der Waals surface area contributed by atoms with Crippen molar-refractivity contribution in [2.45, 2.75) is 41.5 Å². The van der Waals surface area contributed by atoms with Crippen LogP contribution in [-0.2, 0) is 10.3 Å². The van der Waals surface area contributed by atoms with Gasteiger partial charge < -0.3 is 15.6 Å². The van der Waals surface area contributed by atoms with Gasteiger partial charge in [0, 0.05) is 17.3 Å². The molecule has 1 aromatic heterocycles. The van der Waals surface area contributed by atoms with Gasteiger partial charge in [0.2, 0.25) is 0 Å². The lowest BCUT2D eigenvalue weighted by Crippen LogP contribution is -2.58. The Kier molecular flexibility index (Phi) is 6.20. The van der Waals surface area contributed by atoms with Crippen LogP contribution in [0.2, 0.25) is 0 Å². The summed E-state index contributed by atoms with van der Waals surface area (Å²) < 4.78 is 5.09. The first-order chi connectivity index (χ1) is 16.4. The van der Waals surface area contributed by atoms with Gasteiger partial charge in [-0.25, -0.2) is 4.98 Å². The fourth-order valence-corrected chi connectivity index (χ4v) is 6.93. The molecule has 3 N–H and O–H groups in total. The van der Waals surface area contributed by atoms with E-state index in [9.17, 15) is 5.11 Å². The van der Waals surface area contributed by atoms with E-state index in [0.29, 0.717) is 12.8 Å². The lowest BCUT2D eigenvalue weighted by Gasteiger charge is -2.49. The second-order valence-electron chi connectivity index (χ2n) is 9.06. The fourth-order valence-electron chi connectivity index (χ4n) is 4.68. The quantitative estimate of drug-likeness (QED) is 0.396.